The van der Waals surface area contributed by atoms with Gasteiger partial charge in [0.15, 0.2) is 0 Å². The van der Waals surface area contributed by atoms with E-state index in [-0.39, 0.29) is 0 Å². The van der Waals surface area contributed by atoms with Gasteiger partial charge in [-0.3, -0.25) is 0 Å². The lowest BCUT2D eigenvalue weighted by atomic mass is 10.1. The third-order valence-electron chi connectivity index (χ3n) is 3.37. The van der Waals surface area contributed by atoms with Crippen molar-refractivity contribution in [2.45, 2.75) is 26.4 Å². The van der Waals surface area contributed by atoms with E-state index in [4.69, 9.17) is 4.42 Å². The molecule has 0 saturated carbocycles. The lowest BCUT2D eigenvalue weighted by Gasteiger charge is -2.07. The van der Waals surface area contributed by atoms with Crippen LogP contribution in [0.15, 0.2) is 40.1 Å². The molecule has 0 aliphatic rings. The van der Waals surface area contributed by atoms with Gasteiger partial charge in [-0.25, -0.2) is 0 Å². The van der Waals surface area contributed by atoms with Crippen LogP contribution < -0.4 is 0 Å². The van der Waals surface area contributed by atoms with E-state index in [1.807, 2.05) is 23.6 Å². The van der Waals surface area contributed by atoms with E-state index in [0.717, 1.165) is 22.3 Å². The molecule has 1 N–H and O–H groups in total. The molecule has 1 unspecified atom stereocenters. The zero-order valence-electron chi connectivity index (χ0n) is 11.0. The second-order valence-electron chi connectivity index (χ2n) is 4.76. The number of fused-ring (bicyclic) bond motifs is 1. The molecular weight excluding hydrogens is 256 g/mol. The van der Waals surface area contributed by atoms with Crippen molar-refractivity contribution in [1.29, 1.82) is 0 Å². The number of benzene rings is 1. The quantitative estimate of drug-likeness (QED) is 0.764. The van der Waals surface area contributed by atoms with E-state index in [9.17, 15) is 5.11 Å². The first-order valence-corrected chi connectivity index (χ1v) is 7.31. The summed E-state index contributed by atoms with van der Waals surface area (Å²) in [6.45, 7) is 4.15. The summed E-state index contributed by atoms with van der Waals surface area (Å²) < 4.78 is 5.76. The molecule has 0 fully saturated rings. The Labute approximate surface area is 116 Å². The lowest BCUT2D eigenvalue weighted by Crippen LogP contribution is -1.98. The summed E-state index contributed by atoms with van der Waals surface area (Å²) in [5.74, 6) is 0.623. The molecule has 0 radical (unpaired) electrons. The Morgan fingerprint density at radius 1 is 1.26 bits per heavy atom. The number of furan rings is 1. The van der Waals surface area contributed by atoms with Gasteiger partial charge in [0.2, 0.25) is 0 Å². The normalized spacial score (nSPS) is 13.0. The maximum Gasteiger partial charge on any atom is 0.146 e. The molecule has 2 heterocycles. The van der Waals surface area contributed by atoms with Crippen LogP contribution in [0.1, 0.15) is 34.8 Å². The first-order valence-electron chi connectivity index (χ1n) is 6.43. The molecule has 3 heteroatoms. The van der Waals surface area contributed by atoms with Crippen molar-refractivity contribution in [2.24, 2.45) is 0 Å². The fourth-order valence-corrected chi connectivity index (χ4v) is 3.31. The van der Waals surface area contributed by atoms with E-state index in [2.05, 4.69) is 26.0 Å². The number of hydrogen-bond donors (Lipinski definition) is 1. The minimum Gasteiger partial charge on any atom is -0.458 e. The van der Waals surface area contributed by atoms with Gasteiger partial charge >= 0.3 is 0 Å². The van der Waals surface area contributed by atoms with Crippen molar-refractivity contribution < 1.29 is 9.52 Å². The van der Waals surface area contributed by atoms with Gasteiger partial charge < -0.3 is 9.52 Å². The molecule has 3 aromatic rings. The number of thiophene rings is 1. The molecule has 0 saturated heterocycles. The highest BCUT2D eigenvalue weighted by molar-refractivity contribution is 7.10. The van der Waals surface area contributed by atoms with Crippen molar-refractivity contribution >= 4 is 22.3 Å². The standard InChI is InChI=1S/C16H16O2S/c1-3-11-6-7-19-16(11)15(17)14-9-12-8-10(2)4-5-13(12)18-14/h4-9,15,17H,3H2,1-2H3. The van der Waals surface area contributed by atoms with Gasteiger partial charge in [0.1, 0.15) is 17.4 Å². The van der Waals surface area contributed by atoms with E-state index >= 15 is 0 Å². The molecule has 0 aliphatic heterocycles. The maximum atomic E-state index is 10.5. The second-order valence-corrected chi connectivity index (χ2v) is 5.70. The van der Waals surface area contributed by atoms with Crippen LogP contribution in [-0.2, 0) is 6.42 Å². The molecule has 0 aliphatic carbocycles. The average molecular weight is 272 g/mol. The van der Waals surface area contributed by atoms with Gasteiger partial charge in [-0.15, -0.1) is 11.3 Å². The third kappa shape index (κ3) is 2.20. The van der Waals surface area contributed by atoms with Crippen molar-refractivity contribution in [3.8, 4) is 0 Å². The van der Waals surface area contributed by atoms with Gasteiger partial charge in [0.25, 0.3) is 0 Å². The van der Waals surface area contributed by atoms with Crippen LogP contribution in [0.2, 0.25) is 0 Å². The molecule has 2 aromatic heterocycles. The number of rotatable bonds is 3. The summed E-state index contributed by atoms with van der Waals surface area (Å²) in [6, 6.07) is 10.0. The van der Waals surface area contributed by atoms with Crippen molar-refractivity contribution in [3.05, 3.63) is 57.5 Å². The Bertz CT molecular complexity index is 708. The van der Waals surface area contributed by atoms with E-state index in [1.165, 1.54) is 11.1 Å². The van der Waals surface area contributed by atoms with Gasteiger partial charge in [0, 0.05) is 10.3 Å². The SMILES string of the molecule is CCc1ccsc1C(O)c1cc2cc(C)ccc2o1. The number of aliphatic hydroxyl groups excluding tert-OH is 1. The number of aryl methyl sites for hydroxylation is 2. The van der Waals surface area contributed by atoms with E-state index in [0.29, 0.717) is 5.76 Å². The van der Waals surface area contributed by atoms with Crippen LogP contribution in [0.5, 0.6) is 0 Å². The molecule has 1 aromatic carbocycles. The predicted molar refractivity (Wildman–Crippen MR) is 78.7 cm³/mol. The van der Waals surface area contributed by atoms with Gasteiger partial charge in [-0.05, 0) is 48.6 Å². The molecule has 2 nitrogen and oxygen atoms in total. The summed E-state index contributed by atoms with van der Waals surface area (Å²) in [6.07, 6.45) is 0.262. The molecular formula is C16H16O2S. The Balaban J connectivity index is 2.04. The van der Waals surface area contributed by atoms with Gasteiger partial charge in [-0.2, -0.15) is 0 Å². The molecule has 0 amide bonds. The van der Waals surface area contributed by atoms with E-state index < -0.39 is 6.10 Å². The monoisotopic (exact) mass is 272 g/mol. The molecule has 98 valence electrons. The Hall–Kier alpha value is -1.58. The zero-order valence-corrected chi connectivity index (χ0v) is 11.8. The Morgan fingerprint density at radius 2 is 2.11 bits per heavy atom. The van der Waals surface area contributed by atoms with Gasteiger partial charge in [0.05, 0.1) is 0 Å². The van der Waals surface area contributed by atoms with E-state index in [1.54, 1.807) is 11.3 Å². The lowest BCUT2D eigenvalue weighted by molar-refractivity contribution is 0.195. The molecule has 0 bridgehead atoms. The summed E-state index contributed by atoms with van der Waals surface area (Å²) in [7, 11) is 0. The van der Waals surface area contributed by atoms with Crippen molar-refractivity contribution in [1.82, 2.24) is 0 Å². The fraction of sp³-hybridized carbons (Fsp3) is 0.250. The molecule has 1 atom stereocenters. The summed E-state index contributed by atoms with van der Waals surface area (Å²) in [4.78, 5) is 0.985. The summed E-state index contributed by atoms with van der Waals surface area (Å²) >= 11 is 1.58. The maximum absolute atomic E-state index is 10.5. The zero-order chi connectivity index (χ0) is 13.4. The predicted octanol–water partition coefficient (Wildman–Crippen LogP) is 4.45. The highest BCUT2D eigenvalue weighted by atomic mass is 32.1. The third-order valence-corrected chi connectivity index (χ3v) is 4.38. The average Bonchev–Trinajstić information content (AvgIpc) is 3.03. The smallest absolute Gasteiger partial charge is 0.146 e. The van der Waals surface area contributed by atoms with Crippen LogP contribution in [0.3, 0.4) is 0 Å². The van der Waals surface area contributed by atoms with Crippen molar-refractivity contribution in [2.75, 3.05) is 0 Å². The number of aliphatic hydroxyl groups is 1. The van der Waals surface area contributed by atoms with Crippen LogP contribution in [0.25, 0.3) is 11.0 Å². The van der Waals surface area contributed by atoms with Crippen molar-refractivity contribution in [3.63, 3.8) is 0 Å². The Kier molecular flexibility index (Phi) is 3.17. The minimum atomic E-state index is -0.664. The highest BCUT2D eigenvalue weighted by Gasteiger charge is 2.19. The fourth-order valence-electron chi connectivity index (χ4n) is 2.33. The van der Waals surface area contributed by atoms with Crippen LogP contribution >= 0.6 is 11.3 Å². The number of hydrogen-bond acceptors (Lipinski definition) is 3. The summed E-state index contributed by atoms with van der Waals surface area (Å²) in [5, 5.41) is 13.5. The van der Waals surface area contributed by atoms with Crippen LogP contribution in [0, 0.1) is 6.92 Å². The minimum absolute atomic E-state index is 0.623. The van der Waals surface area contributed by atoms with Crippen LogP contribution in [-0.4, -0.2) is 5.11 Å². The molecule has 19 heavy (non-hydrogen) atoms. The molecule has 3 rings (SSSR count). The second kappa shape index (κ2) is 4.83. The largest absolute Gasteiger partial charge is 0.458 e. The van der Waals surface area contributed by atoms with Crippen LogP contribution in [0.4, 0.5) is 0 Å². The first kappa shape index (κ1) is 12.5. The first-order chi connectivity index (χ1) is 9.19. The molecule has 0 spiro atoms. The van der Waals surface area contributed by atoms with Gasteiger partial charge in [-0.1, -0.05) is 18.6 Å². The summed E-state index contributed by atoms with van der Waals surface area (Å²) in [5.41, 5.74) is 3.21. The highest BCUT2D eigenvalue weighted by Crippen LogP contribution is 2.33. The topological polar surface area (TPSA) is 33.4 Å². The Morgan fingerprint density at radius 3 is 2.89 bits per heavy atom.